The molecule has 0 bridgehead atoms. The summed E-state index contributed by atoms with van der Waals surface area (Å²) in [6.45, 7) is 4.28. The SMILES string of the molecule is CC(C)[C@@H]1Oc2c(Cl)cc(Cl)cc2[C@@H]2CC(c3ccc4ccccc4c3)=NN21. The van der Waals surface area contributed by atoms with Crippen molar-refractivity contribution in [3.63, 3.8) is 0 Å². The smallest absolute Gasteiger partial charge is 0.190 e. The summed E-state index contributed by atoms with van der Waals surface area (Å²) >= 11 is 12.8. The highest BCUT2D eigenvalue weighted by atomic mass is 35.5. The molecule has 2 aliphatic heterocycles. The van der Waals surface area contributed by atoms with Gasteiger partial charge in [-0.2, -0.15) is 5.10 Å². The van der Waals surface area contributed by atoms with Gasteiger partial charge in [-0.25, -0.2) is 5.01 Å². The van der Waals surface area contributed by atoms with Crippen molar-refractivity contribution >= 4 is 39.7 Å². The molecular formula is C23H20Cl2N2O. The van der Waals surface area contributed by atoms with Crippen molar-refractivity contribution in [3.05, 3.63) is 75.8 Å². The summed E-state index contributed by atoms with van der Waals surface area (Å²) in [5.74, 6) is 1.00. The molecule has 3 aromatic carbocycles. The van der Waals surface area contributed by atoms with Crippen LogP contribution in [-0.2, 0) is 0 Å². The third kappa shape index (κ3) is 2.85. The van der Waals surface area contributed by atoms with E-state index < -0.39 is 0 Å². The number of hydrazone groups is 1. The molecule has 0 fully saturated rings. The highest BCUT2D eigenvalue weighted by molar-refractivity contribution is 6.35. The molecule has 0 radical (unpaired) electrons. The van der Waals surface area contributed by atoms with Gasteiger partial charge in [0, 0.05) is 22.9 Å². The van der Waals surface area contributed by atoms with Gasteiger partial charge >= 0.3 is 0 Å². The molecule has 0 N–H and O–H groups in total. The van der Waals surface area contributed by atoms with Crippen molar-refractivity contribution in [2.45, 2.75) is 32.5 Å². The molecule has 0 saturated heterocycles. The van der Waals surface area contributed by atoms with Gasteiger partial charge < -0.3 is 4.74 Å². The van der Waals surface area contributed by atoms with Crippen LogP contribution >= 0.6 is 23.2 Å². The molecule has 0 unspecified atom stereocenters. The summed E-state index contributed by atoms with van der Waals surface area (Å²) in [5, 5.41) is 10.7. The minimum absolute atomic E-state index is 0.0776. The number of ether oxygens (including phenoxy) is 1. The highest BCUT2D eigenvalue weighted by Gasteiger charge is 2.42. The first-order valence-corrected chi connectivity index (χ1v) is 10.3. The number of rotatable bonds is 2. The van der Waals surface area contributed by atoms with Crippen LogP contribution < -0.4 is 4.74 Å². The van der Waals surface area contributed by atoms with Gasteiger partial charge in [0.25, 0.3) is 0 Å². The van der Waals surface area contributed by atoms with Crippen molar-refractivity contribution in [2.75, 3.05) is 0 Å². The fourth-order valence-corrected chi connectivity index (χ4v) is 4.68. The Morgan fingerprint density at radius 3 is 2.61 bits per heavy atom. The molecule has 2 atom stereocenters. The third-order valence-corrected chi connectivity index (χ3v) is 5.99. The Kier molecular flexibility index (Phi) is 4.26. The summed E-state index contributed by atoms with van der Waals surface area (Å²) in [6.07, 6.45) is 0.642. The number of nitrogens with zero attached hydrogens (tertiary/aromatic N) is 2. The Bertz CT molecular complexity index is 1110. The molecule has 28 heavy (non-hydrogen) atoms. The molecule has 0 aromatic heterocycles. The summed E-state index contributed by atoms with van der Waals surface area (Å²) < 4.78 is 6.28. The second-order valence-corrected chi connectivity index (χ2v) is 8.61. The van der Waals surface area contributed by atoms with Gasteiger partial charge in [-0.3, -0.25) is 0 Å². The molecule has 2 aliphatic rings. The van der Waals surface area contributed by atoms with Gasteiger partial charge in [-0.05, 0) is 34.5 Å². The topological polar surface area (TPSA) is 24.8 Å². The van der Waals surface area contributed by atoms with E-state index in [0.29, 0.717) is 10.0 Å². The van der Waals surface area contributed by atoms with Gasteiger partial charge in [0.05, 0.1) is 16.8 Å². The standard InChI is InChI=1S/C23H20Cl2N2O/c1-13(2)23-27-21(18-10-17(24)11-19(25)22(18)28-23)12-20(26-27)16-8-7-14-5-3-4-6-15(14)9-16/h3-11,13,21,23H,12H2,1-2H3/t21-,23-/m0/s1. The second-order valence-electron chi connectivity index (χ2n) is 7.77. The van der Waals surface area contributed by atoms with Crippen LogP contribution in [0.4, 0.5) is 0 Å². The Morgan fingerprint density at radius 2 is 1.82 bits per heavy atom. The third-order valence-electron chi connectivity index (χ3n) is 5.49. The fourth-order valence-electron chi connectivity index (χ4n) is 4.13. The number of benzene rings is 3. The maximum absolute atomic E-state index is 6.46. The van der Waals surface area contributed by atoms with Crippen LogP contribution in [-0.4, -0.2) is 16.9 Å². The Balaban J connectivity index is 1.59. The predicted octanol–water partition coefficient (Wildman–Crippen LogP) is 6.67. The first kappa shape index (κ1) is 17.8. The zero-order valence-corrected chi connectivity index (χ0v) is 17.2. The molecule has 5 rings (SSSR count). The monoisotopic (exact) mass is 410 g/mol. The van der Waals surface area contributed by atoms with Gasteiger partial charge in [0.2, 0.25) is 0 Å². The van der Waals surface area contributed by atoms with Crippen molar-refractivity contribution in [1.29, 1.82) is 0 Å². The second kappa shape index (κ2) is 6.68. The Hall–Kier alpha value is -2.23. The van der Waals surface area contributed by atoms with Crippen molar-refractivity contribution < 1.29 is 4.74 Å². The fraction of sp³-hybridized carbons (Fsp3) is 0.261. The van der Waals surface area contributed by atoms with E-state index in [1.807, 2.05) is 6.07 Å². The summed E-state index contributed by atoms with van der Waals surface area (Å²) in [5.41, 5.74) is 3.22. The normalized spacial score (nSPS) is 20.8. The first-order chi connectivity index (χ1) is 13.5. The minimum atomic E-state index is -0.158. The van der Waals surface area contributed by atoms with Gasteiger partial charge in [0.15, 0.2) is 6.23 Å². The van der Waals surface area contributed by atoms with Crippen LogP contribution in [0.25, 0.3) is 10.8 Å². The predicted molar refractivity (Wildman–Crippen MR) is 115 cm³/mol. The van der Waals surface area contributed by atoms with E-state index in [0.717, 1.165) is 29.0 Å². The van der Waals surface area contributed by atoms with Crippen molar-refractivity contribution in [1.82, 2.24) is 5.01 Å². The highest BCUT2D eigenvalue weighted by Crippen LogP contribution is 2.48. The lowest BCUT2D eigenvalue weighted by Gasteiger charge is -2.40. The van der Waals surface area contributed by atoms with Crippen LogP contribution in [0.3, 0.4) is 0 Å². The molecule has 0 spiro atoms. The van der Waals surface area contributed by atoms with E-state index >= 15 is 0 Å². The lowest BCUT2D eigenvalue weighted by molar-refractivity contribution is -0.0460. The first-order valence-electron chi connectivity index (χ1n) is 9.52. The van der Waals surface area contributed by atoms with Crippen LogP contribution in [0, 0.1) is 5.92 Å². The minimum Gasteiger partial charge on any atom is -0.467 e. The van der Waals surface area contributed by atoms with Crippen LogP contribution in [0.15, 0.2) is 59.7 Å². The number of fused-ring (bicyclic) bond motifs is 4. The molecule has 2 heterocycles. The van der Waals surface area contributed by atoms with Gasteiger partial charge in [0.1, 0.15) is 5.75 Å². The van der Waals surface area contributed by atoms with E-state index in [1.54, 1.807) is 6.07 Å². The number of hydrogen-bond acceptors (Lipinski definition) is 3. The molecular weight excluding hydrogens is 391 g/mol. The molecule has 3 nitrogen and oxygen atoms in total. The molecule has 0 amide bonds. The summed E-state index contributed by atoms with van der Waals surface area (Å²) in [7, 11) is 0. The van der Waals surface area contributed by atoms with Crippen molar-refractivity contribution in [2.24, 2.45) is 11.0 Å². The number of halogens is 2. The largest absolute Gasteiger partial charge is 0.467 e. The van der Waals surface area contributed by atoms with Crippen molar-refractivity contribution in [3.8, 4) is 5.75 Å². The number of hydrogen-bond donors (Lipinski definition) is 0. The quantitative estimate of drug-likeness (QED) is 0.470. The Morgan fingerprint density at radius 1 is 1.04 bits per heavy atom. The average molecular weight is 411 g/mol. The van der Waals surface area contributed by atoms with E-state index in [2.05, 4.69) is 61.3 Å². The molecule has 5 heteroatoms. The lowest BCUT2D eigenvalue weighted by Crippen LogP contribution is -2.43. The maximum atomic E-state index is 6.46. The van der Waals surface area contributed by atoms with E-state index in [9.17, 15) is 0 Å². The van der Waals surface area contributed by atoms with Crippen LogP contribution in [0.2, 0.25) is 10.0 Å². The van der Waals surface area contributed by atoms with Crippen LogP contribution in [0.1, 0.15) is 37.4 Å². The molecule has 3 aromatic rings. The zero-order valence-electron chi connectivity index (χ0n) is 15.7. The van der Waals surface area contributed by atoms with E-state index in [-0.39, 0.29) is 18.2 Å². The van der Waals surface area contributed by atoms with E-state index in [4.69, 9.17) is 33.0 Å². The van der Waals surface area contributed by atoms with Gasteiger partial charge in [-0.15, -0.1) is 0 Å². The zero-order chi connectivity index (χ0) is 19.4. The van der Waals surface area contributed by atoms with Gasteiger partial charge in [-0.1, -0.05) is 73.4 Å². The molecule has 0 saturated carbocycles. The maximum Gasteiger partial charge on any atom is 0.190 e. The lowest BCUT2D eigenvalue weighted by atomic mass is 9.94. The average Bonchev–Trinajstić information content (AvgIpc) is 3.12. The van der Waals surface area contributed by atoms with Crippen LogP contribution in [0.5, 0.6) is 5.75 Å². The molecule has 142 valence electrons. The summed E-state index contributed by atoms with van der Waals surface area (Å²) in [4.78, 5) is 0. The summed E-state index contributed by atoms with van der Waals surface area (Å²) in [6, 6.07) is 18.7. The Labute approximate surface area is 174 Å². The molecule has 0 aliphatic carbocycles. The van der Waals surface area contributed by atoms with E-state index in [1.165, 1.54) is 10.8 Å².